The van der Waals surface area contributed by atoms with Crippen LogP contribution >= 0.6 is 11.3 Å². The predicted molar refractivity (Wildman–Crippen MR) is 106 cm³/mol. The van der Waals surface area contributed by atoms with Crippen molar-refractivity contribution >= 4 is 33.4 Å². The lowest BCUT2D eigenvalue weighted by Crippen LogP contribution is -2.30. The molecule has 0 aliphatic carbocycles. The molecule has 0 aromatic carbocycles. The molecule has 1 saturated heterocycles. The van der Waals surface area contributed by atoms with Gasteiger partial charge in [-0.25, -0.2) is 14.4 Å². The fourth-order valence-corrected chi connectivity index (χ4v) is 3.78. The van der Waals surface area contributed by atoms with Crippen LogP contribution in [-0.2, 0) is 0 Å². The topological polar surface area (TPSA) is 78.4 Å². The largest absolute Gasteiger partial charge is 0.391 e. The number of allylic oxidation sites excluding steroid dienone is 2. The lowest BCUT2D eigenvalue weighted by molar-refractivity contribution is 0.0761. The van der Waals surface area contributed by atoms with Crippen molar-refractivity contribution in [2.24, 2.45) is 0 Å². The number of aromatic nitrogens is 2. The molecular weight excluding hydrogens is 367 g/mol. The third-order valence-corrected chi connectivity index (χ3v) is 5.27. The highest BCUT2D eigenvalue weighted by Gasteiger charge is 2.28. The summed E-state index contributed by atoms with van der Waals surface area (Å²) < 4.78 is 13.8. The summed E-state index contributed by atoms with van der Waals surface area (Å²) in [6.07, 6.45) is 2.88. The van der Waals surface area contributed by atoms with Crippen LogP contribution in [0, 0.1) is 0 Å². The number of aliphatic hydroxyl groups excluding tert-OH is 1. The summed E-state index contributed by atoms with van der Waals surface area (Å²) in [4.78, 5) is 23.4. The Kier molecular flexibility index (Phi) is 5.67. The number of anilines is 1. The highest BCUT2D eigenvalue weighted by atomic mass is 32.1. The maximum atomic E-state index is 13.1. The Hall–Kier alpha value is -2.58. The van der Waals surface area contributed by atoms with E-state index in [9.17, 15) is 14.3 Å². The van der Waals surface area contributed by atoms with Gasteiger partial charge in [-0.3, -0.25) is 4.79 Å². The highest BCUT2D eigenvalue weighted by molar-refractivity contribution is 7.17. The van der Waals surface area contributed by atoms with Gasteiger partial charge in [-0.15, -0.1) is 11.3 Å². The van der Waals surface area contributed by atoms with Crippen molar-refractivity contribution < 1.29 is 14.3 Å². The maximum Gasteiger partial charge on any atom is 0.274 e. The third kappa shape index (κ3) is 4.23. The minimum atomic E-state index is -0.573. The van der Waals surface area contributed by atoms with Gasteiger partial charge in [0.1, 0.15) is 5.83 Å². The molecule has 3 heterocycles. The molecule has 27 heavy (non-hydrogen) atoms. The van der Waals surface area contributed by atoms with Crippen molar-refractivity contribution in [3.63, 3.8) is 0 Å². The van der Waals surface area contributed by atoms with E-state index in [1.807, 2.05) is 18.4 Å². The van der Waals surface area contributed by atoms with Crippen molar-refractivity contribution in [3.8, 4) is 0 Å². The summed E-state index contributed by atoms with van der Waals surface area (Å²) in [6.45, 7) is 9.53. The molecule has 8 heteroatoms. The number of carbonyl (C=O) groups is 1. The summed E-state index contributed by atoms with van der Waals surface area (Å²) >= 11 is 1.40. The van der Waals surface area contributed by atoms with Crippen molar-refractivity contribution in [3.05, 3.63) is 53.9 Å². The SMILES string of the molecule is C=C/C(=C\C(=C)F)C(C)Nc1nc(C(=O)N2CC[C@@H](O)C2)c2sccc2n1. The van der Waals surface area contributed by atoms with E-state index in [2.05, 4.69) is 28.4 Å². The summed E-state index contributed by atoms with van der Waals surface area (Å²) in [5.41, 5.74) is 1.55. The van der Waals surface area contributed by atoms with E-state index in [0.29, 0.717) is 41.0 Å². The normalized spacial score (nSPS) is 18.6. The summed E-state index contributed by atoms with van der Waals surface area (Å²) in [7, 11) is 0. The number of hydrogen-bond acceptors (Lipinski definition) is 6. The second-order valence-electron chi connectivity index (χ2n) is 6.39. The zero-order valence-electron chi connectivity index (χ0n) is 15.0. The van der Waals surface area contributed by atoms with Gasteiger partial charge >= 0.3 is 0 Å². The first-order valence-electron chi connectivity index (χ1n) is 8.56. The molecule has 1 fully saturated rings. The molecule has 0 bridgehead atoms. The van der Waals surface area contributed by atoms with Gasteiger partial charge < -0.3 is 15.3 Å². The van der Waals surface area contributed by atoms with Crippen LogP contribution in [0.15, 0.2) is 48.2 Å². The summed E-state index contributed by atoms with van der Waals surface area (Å²) in [6, 6.07) is 1.49. The Morgan fingerprint density at radius 1 is 1.56 bits per heavy atom. The first-order chi connectivity index (χ1) is 12.9. The van der Waals surface area contributed by atoms with Crippen LogP contribution in [0.5, 0.6) is 0 Å². The number of nitrogens with zero attached hydrogens (tertiary/aromatic N) is 3. The smallest absolute Gasteiger partial charge is 0.274 e. The molecule has 0 saturated carbocycles. The monoisotopic (exact) mass is 388 g/mol. The van der Waals surface area contributed by atoms with Gasteiger partial charge in [0.15, 0.2) is 5.69 Å². The Balaban J connectivity index is 1.92. The van der Waals surface area contributed by atoms with Gasteiger partial charge in [-0.05, 0) is 36.4 Å². The number of hydrogen-bond donors (Lipinski definition) is 2. The molecule has 0 spiro atoms. The van der Waals surface area contributed by atoms with Gasteiger partial charge in [-0.1, -0.05) is 19.2 Å². The molecule has 1 amide bonds. The fourth-order valence-electron chi connectivity index (χ4n) is 2.97. The van der Waals surface area contributed by atoms with Crippen molar-refractivity contribution in [1.82, 2.24) is 14.9 Å². The molecule has 2 aromatic heterocycles. The fraction of sp³-hybridized carbons (Fsp3) is 0.316. The van der Waals surface area contributed by atoms with E-state index in [0.717, 1.165) is 0 Å². The summed E-state index contributed by atoms with van der Waals surface area (Å²) in [5.74, 6) is -0.529. The van der Waals surface area contributed by atoms with E-state index in [1.54, 1.807) is 4.90 Å². The lowest BCUT2D eigenvalue weighted by Gasteiger charge is -2.18. The molecular formula is C19H21FN4O2S. The molecule has 1 aliphatic heterocycles. The third-order valence-electron chi connectivity index (χ3n) is 4.36. The molecule has 2 atom stereocenters. The van der Waals surface area contributed by atoms with Crippen molar-refractivity contribution in [1.29, 1.82) is 0 Å². The standard InChI is InChI=1S/C19H21FN4O2S/c1-4-13(9-11(2)20)12(3)21-19-22-15-6-8-27-17(15)16(23-19)18(26)24-7-5-14(25)10-24/h4,6,8-9,12,14,25H,1-2,5,7,10H2,3H3,(H,21,22,23)/b13-9+/t12?,14-/m1/s1. The number of thiophene rings is 1. The average molecular weight is 388 g/mol. The molecule has 3 rings (SSSR count). The Labute approximate surface area is 160 Å². The molecule has 1 aliphatic rings. The minimum Gasteiger partial charge on any atom is -0.391 e. The van der Waals surface area contributed by atoms with Crippen LogP contribution in [0.3, 0.4) is 0 Å². The van der Waals surface area contributed by atoms with E-state index < -0.39 is 11.9 Å². The zero-order chi connectivity index (χ0) is 19.6. The first kappa shape index (κ1) is 19.2. The lowest BCUT2D eigenvalue weighted by atomic mass is 10.1. The minimum absolute atomic E-state index is 0.228. The van der Waals surface area contributed by atoms with Crippen LogP contribution in [0.4, 0.5) is 10.3 Å². The maximum absolute atomic E-state index is 13.1. The van der Waals surface area contributed by atoms with Crippen molar-refractivity contribution in [2.75, 3.05) is 18.4 Å². The Morgan fingerprint density at radius 3 is 2.96 bits per heavy atom. The average Bonchev–Trinajstić information content (AvgIpc) is 3.26. The molecule has 6 nitrogen and oxygen atoms in total. The quantitative estimate of drug-likeness (QED) is 0.743. The van der Waals surface area contributed by atoms with E-state index in [1.165, 1.54) is 23.5 Å². The van der Waals surface area contributed by atoms with E-state index in [-0.39, 0.29) is 17.9 Å². The second kappa shape index (κ2) is 7.98. The zero-order valence-corrected chi connectivity index (χ0v) is 15.8. The number of likely N-dealkylation sites (tertiary alicyclic amines) is 1. The first-order valence-corrected chi connectivity index (χ1v) is 9.44. The second-order valence-corrected chi connectivity index (χ2v) is 7.30. The van der Waals surface area contributed by atoms with E-state index >= 15 is 0 Å². The van der Waals surface area contributed by atoms with Crippen LogP contribution in [0.1, 0.15) is 23.8 Å². The number of β-amino-alcohol motifs (C(OH)–C–C–N with tert-alkyl or cyclic N) is 1. The van der Waals surface area contributed by atoms with Gasteiger partial charge in [0.05, 0.1) is 22.4 Å². The predicted octanol–water partition coefficient (Wildman–Crippen LogP) is 3.29. The van der Waals surface area contributed by atoms with Crippen molar-refractivity contribution in [2.45, 2.75) is 25.5 Å². The molecule has 142 valence electrons. The van der Waals surface area contributed by atoms with Gasteiger partial charge in [0.2, 0.25) is 5.95 Å². The molecule has 2 aromatic rings. The van der Waals surface area contributed by atoms with Gasteiger partial charge in [-0.2, -0.15) is 0 Å². The van der Waals surface area contributed by atoms with Gasteiger partial charge in [0.25, 0.3) is 5.91 Å². The number of carbonyl (C=O) groups excluding carboxylic acids is 1. The highest BCUT2D eigenvalue weighted by Crippen LogP contribution is 2.26. The number of nitrogens with one attached hydrogen (secondary N) is 1. The van der Waals surface area contributed by atoms with E-state index in [4.69, 9.17) is 0 Å². The Bertz CT molecular complexity index is 924. The van der Waals surface area contributed by atoms with Crippen LogP contribution < -0.4 is 5.32 Å². The number of fused-ring (bicyclic) bond motifs is 1. The van der Waals surface area contributed by atoms with Crippen LogP contribution in [0.2, 0.25) is 0 Å². The number of amides is 1. The number of rotatable bonds is 6. The Morgan fingerprint density at radius 2 is 2.33 bits per heavy atom. The molecule has 1 unspecified atom stereocenters. The molecule has 2 N–H and O–H groups in total. The van der Waals surface area contributed by atoms with Gasteiger partial charge in [0, 0.05) is 13.1 Å². The molecule has 0 radical (unpaired) electrons. The van der Waals surface area contributed by atoms with Crippen LogP contribution in [-0.4, -0.2) is 51.1 Å². The number of halogens is 1. The van der Waals surface area contributed by atoms with Crippen LogP contribution in [0.25, 0.3) is 10.2 Å². The number of aliphatic hydroxyl groups is 1. The summed E-state index contributed by atoms with van der Waals surface area (Å²) in [5, 5.41) is 14.7.